The van der Waals surface area contributed by atoms with Crippen molar-refractivity contribution < 1.29 is 4.42 Å². The molecule has 0 spiro atoms. The Morgan fingerprint density at radius 2 is 2.05 bits per heavy atom. The minimum Gasteiger partial charge on any atom is -0.419 e. The molecule has 2 heterocycles. The van der Waals surface area contributed by atoms with Crippen LogP contribution >= 0.6 is 0 Å². The summed E-state index contributed by atoms with van der Waals surface area (Å²) in [6.07, 6.45) is 3.88. The number of rotatable bonds is 6. The first-order valence-electron chi connectivity index (χ1n) is 7.33. The minimum absolute atomic E-state index is 0.00150. The predicted molar refractivity (Wildman–Crippen MR) is 83.1 cm³/mol. The second-order valence-corrected chi connectivity index (χ2v) is 5.27. The van der Waals surface area contributed by atoms with Gasteiger partial charge in [-0.2, -0.15) is 5.10 Å². The molecule has 1 N–H and O–H groups in total. The van der Waals surface area contributed by atoms with Crippen molar-refractivity contribution in [2.45, 2.75) is 26.4 Å². The third-order valence-electron chi connectivity index (χ3n) is 3.39. The topological polar surface area (TPSA) is 68.8 Å². The Balaban J connectivity index is 1.56. The summed E-state index contributed by atoms with van der Waals surface area (Å²) in [6, 6.07) is 9.77. The quantitative estimate of drug-likeness (QED) is 0.757. The summed E-state index contributed by atoms with van der Waals surface area (Å²) in [5, 5.41) is 15.8. The Kier molecular flexibility index (Phi) is 4.29. The Morgan fingerprint density at radius 3 is 2.77 bits per heavy atom. The highest BCUT2D eigenvalue weighted by Crippen LogP contribution is 2.19. The highest BCUT2D eigenvalue weighted by Gasteiger charge is 2.14. The lowest BCUT2D eigenvalue weighted by Crippen LogP contribution is -2.23. The molecule has 0 unspecified atom stereocenters. The van der Waals surface area contributed by atoms with Crippen molar-refractivity contribution >= 4 is 0 Å². The molecule has 1 aromatic carbocycles. The smallest absolute Gasteiger partial charge is 0.247 e. The van der Waals surface area contributed by atoms with E-state index in [1.807, 2.05) is 61.3 Å². The van der Waals surface area contributed by atoms with Crippen LogP contribution in [0.15, 0.2) is 47.1 Å². The molecule has 0 bridgehead atoms. The van der Waals surface area contributed by atoms with Gasteiger partial charge in [-0.15, -0.1) is 10.2 Å². The van der Waals surface area contributed by atoms with Gasteiger partial charge in [-0.3, -0.25) is 4.68 Å². The number of aromatic nitrogens is 4. The van der Waals surface area contributed by atoms with Crippen molar-refractivity contribution in [1.29, 1.82) is 0 Å². The fraction of sp³-hybridized carbons (Fsp3) is 0.312. The van der Waals surface area contributed by atoms with Crippen molar-refractivity contribution in [3.63, 3.8) is 0 Å². The van der Waals surface area contributed by atoms with Crippen LogP contribution in [-0.4, -0.2) is 26.5 Å². The molecular formula is C16H19N5O. The van der Waals surface area contributed by atoms with E-state index in [4.69, 9.17) is 4.42 Å². The van der Waals surface area contributed by atoms with E-state index in [-0.39, 0.29) is 6.04 Å². The van der Waals surface area contributed by atoms with Gasteiger partial charge in [0.2, 0.25) is 11.8 Å². The summed E-state index contributed by atoms with van der Waals surface area (Å²) >= 11 is 0. The highest BCUT2D eigenvalue weighted by atomic mass is 16.4. The predicted octanol–water partition coefficient (Wildman–Crippen LogP) is 2.59. The highest BCUT2D eigenvalue weighted by molar-refractivity contribution is 5.51. The molecule has 0 aliphatic carbocycles. The Bertz CT molecular complexity index is 719. The molecule has 0 fully saturated rings. The number of hydrogen-bond acceptors (Lipinski definition) is 5. The molecule has 1 atom stereocenters. The van der Waals surface area contributed by atoms with Crippen molar-refractivity contribution in [3.8, 4) is 11.5 Å². The van der Waals surface area contributed by atoms with E-state index in [9.17, 15) is 0 Å². The van der Waals surface area contributed by atoms with Crippen LogP contribution in [-0.2, 0) is 6.54 Å². The van der Waals surface area contributed by atoms with Crippen molar-refractivity contribution in [1.82, 2.24) is 25.3 Å². The lowest BCUT2D eigenvalue weighted by Gasteiger charge is -2.09. The van der Waals surface area contributed by atoms with E-state index < -0.39 is 0 Å². The molecular weight excluding hydrogens is 278 g/mol. The number of aryl methyl sites for hydroxylation is 1. The molecule has 0 radical (unpaired) electrons. The minimum atomic E-state index is 0.00150. The average molecular weight is 297 g/mol. The Hall–Kier alpha value is -2.47. The van der Waals surface area contributed by atoms with Gasteiger partial charge in [0.25, 0.3) is 0 Å². The van der Waals surface area contributed by atoms with Crippen molar-refractivity contribution in [2.24, 2.45) is 0 Å². The molecule has 3 aromatic rings. The van der Waals surface area contributed by atoms with Crippen LogP contribution in [0.2, 0.25) is 0 Å². The van der Waals surface area contributed by atoms with Gasteiger partial charge >= 0.3 is 0 Å². The summed E-state index contributed by atoms with van der Waals surface area (Å²) in [4.78, 5) is 0. The van der Waals surface area contributed by atoms with Gasteiger partial charge in [0.15, 0.2) is 0 Å². The maximum absolute atomic E-state index is 5.73. The van der Waals surface area contributed by atoms with Crippen LogP contribution < -0.4 is 5.32 Å². The number of nitrogens with zero attached hydrogens (tertiary/aromatic N) is 4. The largest absolute Gasteiger partial charge is 0.419 e. The first kappa shape index (κ1) is 14.5. The van der Waals surface area contributed by atoms with E-state index in [1.165, 1.54) is 0 Å². The summed E-state index contributed by atoms with van der Waals surface area (Å²) in [5.41, 5.74) is 2.10. The van der Waals surface area contributed by atoms with Crippen LogP contribution in [0.1, 0.15) is 24.4 Å². The maximum atomic E-state index is 5.73. The normalized spacial score (nSPS) is 12.5. The molecule has 0 aliphatic heterocycles. The first-order valence-corrected chi connectivity index (χ1v) is 7.33. The molecule has 0 aliphatic rings. The lowest BCUT2D eigenvalue weighted by atomic mass is 10.2. The fourth-order valence-corrected chi connectivity index (χ4v) is 2.18. The molecule has 6 heteroatoms. The Labute approximate surface area is 129 Å². The van der Waals surface area contributed by atoms with Crippen LogP contribution in [0, 0.1) is 6.92 Å². The van der Waals surface area contributed by atoms with Gasteiger partial charge in [-0.05, 0) is 31.5 Å². The first-order chi connectivity index (χ1) is 10.7. The number of benzene rings is 1. The molecule has 0 saturated carbocycles. The second kappa shape index (κ2) is 6.53. The van der Waals surface area contributed by atoms with Gasteiger partial charge < -0.3 is 9.73 Å². The molecule has 0 saturated heterocycles. The summed E-state index contributed by atoms with van der Waals surface area (Å²) in [5.74, 6) is 1.14. The van der Waals surface area contributed by atoms with Crippen LogP contribution in [0.3, 0.4) is 0 Å². The molecule has 22 heavy (non-hydrogen) atoms. The molecule has 0 amide bonds. The third kappa shape index (κ3) is 3.40. The fourth-order valence-electron chi connectivity index (χ4n) is 2.18. The monoisotopic (exact) mass is 297 g/mol. The molecule has 114 valence electrons. The van der Waals surface area contributed by atoms with Gasteiger partial charge in [-0.1, -0.05) is 18.2 Å². The average Bonchev–Trinajstić information content (AvgIpc) is 3.17. The van der Waals surface area contributed by atoms with Crippen LogP contribution in [0.25, 0.3) is 11.5 Å². The molecule has 6 nitrogen and oxygen atoms in total. The maximum Gasteiger partial charge on any atom is 0.247 e. The van der Waals surface area contributed by atoms with E-state index >= 15 is 0 Å². The summed E-state index contributed by atoms with van der Waals surface area (Å²) in [7, 11) is 0. The zero-order valence-electron chi connectivity index (χ0n) is 12.7. The second-order valence-electron chi connectivity index (χ2n) is 5.27. The number of nitrogens with one attached hydrogen (secondary N) is 1. The van der Waals surface area contributed by atoms with Crippen molar-refractivity contribution in [3.05, 3.63) is 54.2 Å². The van der Waals surface area contributed by atoms with Gasteiger partial charge in [-0.25, -0.2) is 0 Å². The molecule has 2 aromatic heterocycles. The van der Waals surface area contributed by atoms with E-state index in [0.29, 0.717) is 11.8 Å². The zero-order chi connectivity index (χ0) is 15.4. The molecule has 3 rings (SSSR count). The van der Waals surface area contributed by atoms with Gasteiger partial charge in [0, 0.05) is 18.3 Å². The summed E-state index contributed by atoms with van der Waals surface area (Å²) in [6.45, 7) is 5.63. The Morgan fingerprint density at radius 1 is 1.23 bits per heavy atom. The van der Waals surface area contributed by atoms with E-state index in [2.05, 4.69) is 20.6 Å². The third-order valence-corrected chi connectivity index (χ3v) is 3.39. The van der Waals surface area contributed by atoms with E-state index in [1.54, 1.807) is 0 Å². The summed E-state index contributed by atoms with van der Waals surface area (Å²) < 4.78 is 7.65. The van der Waals surface area contributed by atoms with Crippen molar-refractivity contribution in [2.75, 3.05) is 6.54 Å². The zero-order valence-corrected chi connectivity index (χ0v) is 12.7. The van der Waals surface area contributed by atoms with Crippen LogP contribution in [0.5, 0.6) is 0 Å². The van der Waals surface area contributed by atoms with Crippen LogP contribution in [0.4, 0.5) is 0 Å². The van der Waals surface area contributed by atoms with Gasteiger partial charge in [0.05, 0.1) is 18.8 Å². The van der Waals surface area contributed by atoms with Gasteiger partial charge in [0.1, 0.15) is 0 Å². The standard InChI is InChI=1S/C16H19N5O/c1-12-10-18-21(11-12)9-8-17-13(2)15-19-20-16(22-15)14-6-4-3-5-7-14/h3-7,10-11,13,17H,8-9H2,1-2H3/t13-/m0/s1. The number of hydrogen-bond donors (Lipinski definition) is 1. The SMILES string of the molecule is Cc1cnn(CCN[C@@H](C)c2nnc(-c3ccccc3)o2)c1. The van der Waals surface area contributed by atoms with E-state index in [0.717, 1.165) is 24.2 Å². The lowest BCUT2D eigenvalue weighted by molar-refractivity contribution is 0.411.